The number of halogens is 12. The molecular weight excluding hydrogens is 588 g/mol. The summed E-state index contributed by atoms with van der Waals surface area (Å²) in [5.74, 6) is -47.5. The van der Waals surface area contributed by atoms with Gasteiger partial charge in [-0.3, -0.25) is 0 Å². The predicted molar refractivity (Wildman–Crippen MR) is 107 cm³/mol. The largest absolute Gasteiger partial charge is 0.488 e. The zero-order valence-electron chi connectivity index (χ0n) is 19.8. The molecule has 0 N–H and O–H groups in total. The molecule has 0 aromatic carbocycles. The Morgan fingerprint density at radius 3 is 1.07 bits per heavy atom. The molecule has 0 atom stereocenters. The van der Waals surface area contributed by atoms with E-state index in [-0.39, 0.29) is 37.8 Å². The third kappa shape index (κ3) is 5.11. The highest BCUT2D eigenvalue weighted by Crippen LogP contribution is 2.61. The van der Waals surface area contributed by atoms with Crippen molar-refractivity contribution >= 4 is 11.9 Å². The fourth-order valence-electron chi connectivity index (χ4n) is 3.26. The van der Waals surface area contributed by atoms with Gasteiger partial charge in [-0.2, -0.15) is 52.7 Å². The Labute approximate surface area is 216 Å². The van der Waals surface area contributed by atoms with Crippen molar-refractivity contribution in [3.05, 3.63) is 48.3 Å². The molecule has 226 valence electrons. The molecule has 0 heterocycles. The first-order valence-electron chi connectivity index (χ1n) is 10.9. The Hall–Kier alpha value is -3.34. The van der Waals surface area contributed by atoms with Crippen LogP contribution in [-0.4, -0.2) is 60.7 Å². The highest BCUT2D eigenvalue weighted by atomic mass is 19.4. The second-order valence-electron chi connectivity index (χ2n) is 8.12. The molecule has 0 saturated carbocycles. The number of carbonyl (C=O) groups is 2. The number of esters is 2. The average molecular weight is 606 g/mol. The van der Waals surface area contributed by atoms with Crippen LogP contribution < -0.4 is 0 Å². The molecule has 0 spiro atoms. The number of hydrogen-bond acceptors (Lipinski definition) is 6. The Balaban J connectivity index is 1.99. The van der Waals surface area contributed by atoms with E-state index in [1.165, 1.54) is 0 Å². The molecule has 0 radical (unpaired) electrons. The molecule has 0 amide bonds. The van der Waals surface area contributed by atoms with E-state index in [1.54, 1.807) is 0 Å². The molecule has 2 aliphatic carbocycles. The summed E-state index contributed by atoms with van der Waals surface area (Å²) in [5, 5.41) is 0. The quantitative estimate of drug-likeness (QED) is 0.106. The van der Waals surface area contributed by atoms with E-state index in [0.29, 0.717) is 0 Å². The maximum absolute atomic E-state index is 14.0. The van der Waals surface area contributed by atoms with Crippen LogP contribution in [0.1, 0.15) is 25.7 Å². The van der Waals surface area contributed by atoms with Gasteiger partial charge in [-0.1, -0.05) is 13.2 Å². The maximum Gasteiger partial charge on any atom is 0.387 e. The Morgan fingerprint density at radius 1 is 0.525 bits per heavy atom. The highest BCUT2D eigenvalue weighted by molar-refractivity contribution is 5.83. The van der Waals surface area contributed by atoms with Gasteiger partial charge in [-0.05, 0) is 25.7 Å². The van der Waals surface area contributed by atoms with Gasteiger partial charge >= 0.3 is 47.5 Å². The lowest BCUT2D eigenvalue weighted by molar-refractivity contribution is -0.276. The minimum Gasteiger partial charge on any atom is -0.488 e. The summed E-state index contributed by atoms with van der Waals surface area (Å²) in [6.07, 6.45) is -0.450. The van der Waals surface area contributed by atoms with Crippen LogP contribution in [-0.2, 0) is 28.5 Å². The maximum atomic E-state index is 14.0. The minimum absolute atomic E-state index is 0.128. The van der Waals surface area contributed by atoms with Crippen molar-refractivity contribution in [2.24, 2.45) is 0 Å². The summed E-state index contributed by atoms with van der Waals surface area (Å²) in [4.78, 5) is 22.3. The van der Waals surface area contributed by atoms with Gasteiger partial charge in [-0.15, -0.1) is 0 Å². The van der Waals surface area contributed by atoms with E-state index < -0.39 is 83.7 Å². The second kappa shape index (κ2) is 10.9. The standard InChI is InChI=1S/C22H18F12O6/c1-3-11(35)39-15-13(17(23,24)21(31,32)19(15,27)28)37-9-7-5-6-8-10-38-14-16(40-12(36)4-2)20(29,30)22(33,34)18(14,25)26/h3-4H,1-2,5-10H2. The summed E-state index contributed by atoms with van der Waals surface area (Å²) < 4.78 is 182. The van der Waals surface area contributed by atoms with Crippen molar-refractivity contribution in [1.29, 1.82) is 0 Å². The van der Waals surface area contributed by atoms with E-state index in [9.17, 15) is 62.3 Å². The smallest absolute Gasteiger partial charge is 0.387 e. The number of unbranched alkanes of at least 4 members (excludes halogenated alkanes) is 3. The van der Waals surface area contributed by atoms with E-state index >= 15 is 0 Å². The molecule has 0 fully saturated rings. The second-order valence-corrected chi connectivity index (χ2v) is 8.12. The third-order valence-electron chi connectivity index (χ3n) is 5.40. The molecule has 6 nitrogen and oxygen atoms in total. The molecule has 0 aliphatic heterocycles. The van der Waals surface area contributed by atoms with E-state index in [0.717, 1.165) is 0 Å². The van der Waals surface area contributed by atoms with Gasteiger partial charge in [0, 0.05) is 12.2 Å². The van der Waals surface area contributed by atoms with Gasteiger partial charge in [-0.25, -0.2) is 9.59 Å². The third-order valence-corrected chi connectivity index (χ3v) is 5.40. The number of ether oxygens (including phenoxy) is 4. The van der Waals surface area contributed by atoms with E-state index in [2.05, 4.69) is 32.1 Å². The molecule has 0 saturated heterocycles. The number of hydrogen-bond donors (Lipinski definition) is 0. The minimum atomic E-state index is -6.02. The summed E-state index contributed by atoms with van der Waals surface area (Å²) in [7, 11) is 0. The normalized spacial score (nSPS) is 23.0. The highest BCUT2D eigenvalue weighted by Gasteiger charge is 2.84. The van der Waals surface area contributed by atoms with Crippen molar-refractivity contribution in [3.63, 3.8) is 0 Å². The predicted octanol–water partition coefficient (Wildman–Crippen LogP) is 6.30. The van der Waals surface area contributed by atoms with Crippen LogP contribution in [0.4, 0.5) is 52.7 Å². The molecule has 2 rings (SSSR count). The Morgan fingerprint density at radius 2 is 0.800 bits per heavy atom. The van der Waals surface area contributed by atoms with Crippen LogP contribution in [0.15, 0.2) is 48.3 Å². The summed E-state index contributed by atoms with van der Waals surface area (Å²) >= 11 is 0. The average Bonchev–Trinajstić information content (AvgIpc) is 3.01. The summed E-state index contributed by atoms with van der Waals surface area (Å²) in [6, 6.07) is 0. The summed E-state index contributed by atoms with van der Waals surface area (Å²) in [5.41, 5.74) is 0. The van der Waals surface area contributed by atoms with Crippen LogP contribution in [0.25, 0.3) is 0 Å². The van der Waals surface area contributed by atoms with Crippen molar-refractivity contribution in [2.45, 2.75) is 61.2 Å². The van der Waals surface area contributed by atoms with Gasteiger partial charge in [0.1, 0.15) is 0 Å². The van der Waals surface area contributed by atoms with Gasteiger partial charge < -0.3 is 18.9 Å². The van der Waals surface area contributed by atoms with E-state index in [4.69, 9.17) is 0 Å². The lowest BCUT2D eigenvalue weighted by Crippen LogP contribution is -2.49. The molecule has 18 heteroatoms. The fourth-order valence-corrected chi connectivity index (χ4v) is 3.26. The molecule has 40 heavy (non-hydrogen) atoms. The molecule has 0 aromatic heterocycles. The van der Waals surface area contributed by atoms with Crippen LogP contribution in [0.2, 0.25) is 0 Å². The number of alkyl halides is 12. The lowest BCUT2D eigenvalue weighted by atomic mass is 10.1. The van der Waals surface area contributed by atoms with Crippen molar-refractivity contribution < 1.29 is 81.2 Å². The van der Waals surface area contributed by atoms with Crippen molar-refractivity contribution in [3.8, 4) is 0 Å². The lowest BCUT2D eigenvalue weighted by Gasteiger charge is -2.24. The first kappa shape index (κ1) is 32.9. The molecule has 0 aromatic rings. The number of carbonyl (C=O) groups excluding carboxylic acids is 2. The molecular formula is C22H18F12O6. The van der Waals surface area contributed by atoms with Gasteiger partial charge in [0.25, 0.3) is 0 Å². The summed E-state index contributed by atoms with van der Waals surface area (Å²) in [6.45, 7) is 3.79. The van der Waals surface area contributed by atoms with Crippen LogP contribution in [0.5, 0.6) is 0 Å². The number of allylic oxidation sites excluding steroid dienone is 4. The zero-order valence-corrected chi connectivity index (χ0v) is 19.8. The van der Waals surface area contributed by atoms with E-state index in [1.807, 2.05) is 0 Å². The SMILES string of the molecule is C=CC(=O)OC1=C(OCCCCCCOC2=C(OC(=O)C=C)C(F)(F)C(F)(F)C2(F)F)C(F)(F)C(F)(F)C1(F)F. The van der Waals surface area contributed by atoms with Gasteiger partial charge in [0.2, 0.25) is 23.0 Å². The topological polar surface area (TPSA) is 71.1 Å². The molecule has 0 unspecified atom stereocenters. The van der Waals surface area contributed by atoms with Gasteiger partial charge in [0.05, 0.1) is 13.2 Å². The first-order chi connectivity index (χ1) is 18.2. The van der Waals surface area contributed by atoms with Crippen molar-refractivity contribution in [2.75, 3.05) is 13.2 Å². The van der Waals surface area contributed by atoms with Crippen molar-refractivity contribution in [1.82, 2.24) is 0 Å². The zero-order chi connectivity index (χ0) is 30.9. The first-order valence-corrected chi connectivity index (χ1v) is 10.9. The molecule has 2 aliphatic rings. The van der Waals surface area contributed by atoms with Gasteiger partial charge in [0.15, 0.2) is 0 Å². The molecule has 0 bridgehead atoms. The Kier molecular flexibility index (Phi) is 8.97. The van der Waals surface area contributed by atoms with Crippen LogP contribution >= 0.6 is 0 Å². The Bertz CT molecular complexity index is 1020. The van der Waals surface area contributed by atoms with Crippen LogP contribution in [0.3, 0.4) is 0 Å². The number of rotatable bonds is 13. The fraction of sp³-hybridized carbons (Fsp3) is 0.545. The monoisotopic (exact) mass is 606 g/mol. The van der Waals surface area contributed by atoms with Crippen LogP contribution in [0, 0.1) is 0 Å².